The Morgan fingerprint density at radius 1 is 0.224 bits per heavy atom. The van der Waals surface area contributed by atoms with E-state index < -0.39 is 0 Å². The molecular formula is C64H44N2S. The number of hydrogen-bond acceptors (Lipinski definition) is 3. The Morgan fingerprint density at radius 3 is 1.09 bits per heavy atom. The van der Waals surface area contributed by atoms with Gasteiger partial charge in [0.1, 0.15) is 0 Å². The normalized spacial score (nSPS) is 11.3. The highest BCUT2D eigenvalue weighted by Crippen LogP contribution is 2.43. The zero-order chi connectivity index (χ0) is 44.5. The molecule has 12 aromatic rings. The summed E-state index contributed by atoms with van der Waals surface area (Å²) in [5.41, 5.74) is 16.2. The van der Waals surface area contributed by atoms with Gasteiger partial charge < -0.3 is 9.80 Å². The summed E-state index contributed by atoms with van der Waals surface area (Å²) in [6.07, 6.45) is 0. The van der Waals surface area contributed by atoms with Crippen molar-refractivity contribution in [3.8, 4) is 44.5 Å². The molecule has 0 radical (unpaired) electrons. The van der Waals surface area contributed by atoms with Crippen molar-refractivity contribution in [3.63, 3.8) is 0 Å². The van der Waals surface area contributed by atoms with Gasteiger partial charge in [-0.3, -0.25) is 0 Å². The molecule has 11 aromatic carbocycles. The lowest BCUT2D eigenvalue weighted by Gasteiger charge is -2.27. The van der Waals surface area contributed by atoms with E-state index >= 15 is 0 Å². The molecule has 0 spiro atoms. The van der Waals surface area contributed by atoms with Crippen LogP contribution in [0.15, 0.2) is 267 Å². The maximum atomic E-state index is 2.39. The van der Waals surface area contributed by atoms with Crippen LogP contribution < -0.4 is 9.80 Å². The summed E-state index contributed by atoms with van der Waals surface area (Å²) in [5.74, 6) is 0. The molecule has 0 saturated carbocycles. The van der Waals surface area contributed by atoms with Crippen LogP contribution in [0.5, 0.6) is 0 Å². The first kappa shape index (κ1) is 40.0. The summed E-state index contributed by atoms with van der Waals surface area (Å²) in [5, 5.41) is 5.05. The fourth-order valence-corrected chi connectivity index (χ4v) is 10.5. The zero-order valence-corrected chi connectivity index (χ0v) is 37.5. The molecule has 1 aromatic heterocycles. The van der Waals surface area contributed by atoms with Crippen LogP contribution in [0.4, 0.5) is 34.1 Å². The van der Waals surface area contributed by atoms with Crippen LogP contribution >= 0.6 is 11.3 Å². The fraction of sp³-hybridized carbons (Fsp3) is 0. The second kappa shape index (κ2) is 17.5. The van der Waals surface area contributed by atoms with Gasteiger partial charge in [0.15, 0.2) is 0 Å². The zero-order valence-electron chi connectivity index (χ0n) is 36.7. The van der Waals surface area contributed by atoms with Crippen molar-refractivity contribution in [1.29, 1.82) is 0 Å². The van der Waals surface area contributed by atoms with Crippen molar-refractivity contribution in [1.82, 2.24) is 0 Å². The minimum absolute atomic E-state index is 1.09. The maximum Gasteiger partial charge on any atom is 0.0540 e. The molecule has 2 nitrogen and oxygen atoms in total. The number of hydrogen-bond donors (Lipinski definition) is 0. The lowest BCUT2D eigenvalue weighted by Crippen LogP contribution is -2.10. The van der Waals surface area contributed by atoms with Crippen LogP contribution in [0.1, 0.15) is 0 Å². The van der Waals surface area contributed by atoms with E-state index in [2.05, 4.69) is 277 Å². The first-order chi connectivity index (χ1) is 33.2. The minimum Gasteiger partial charge on any atom is -0.311 e. The molecule has 12 rings (SSSR count). The summed E-state index contributed by atoms with van der Waals surface area (Å²) < 4.78 is 2.65. The SMILES string of the molecule is c1ccc(-c2ccc(N(c3ccc(-c4ccccc4)cc3)c3ccc(-c4ccc(N(c5ccc(-c6ccc7sc8ccccc8c7c6)cc5)c5cccc6ccccc56)cc4)cc3)cc2)cc1. The molecule has 0 fully saturated rings. The summed E-state index contributed by atoms with van der Waals surface area (Å²) in [6.45, 7) is 0. The number of nitrogens with zero attached hydrogens (tertiary/aromatic N) is 2. The van der Waals surface area contributed by atoms with Crippen LogP contribution in [0.3, 0.4) is 0 Å². The molecule has 0 N–H and O–H groups in total. The molecule has 0 saturated heterocycles. The van der Waals surface area contributed by atoms with Crippen molar-refractivity contribution in [3.05, 3.63) is 267 Å². The third kappa shape index (κ3) is 7.82. The van der Waals surface area contributed by atoms with E-state index in [0.717, 1.165) is 45.3 Å². The minimum atomic E-state index is 1.09. The first-order valence-corrected chi connectivity index (χ1v) is 23.6. The van der Waals surface area contributed by atoms with Gasteiger partial charge >= 0.3 is 0 Å². The van der Waals surface area contributed by atoms with E-state index in [1.54, 1.807) is 0 Å². The Kier molecular flexibility index (Phi) is 10.4. The number of fused-ring (bicyclic) bond motifs is 4. The highest BCUT2D eigenvalue weighted by atomic mass is 32.1. The molecule has 0 amide bonds. The molecule has 0 aliphatic carbocycles. The Bertz CT molecular complexity index is 3550. The van der Waals surface area contributed by atoms with Gasteiger partial charge in [-0.2, -0.15) is 0 Å². The molecule has 67 heavy (non-hydrogen) atoms. The summed E-state index contributed by atoms with van der Waals surface area (Å²) in [6, 6.07) is 96.7. The lowest BCUT2D eigenvalue weighted by atomic mass is 10.0. The smallest absolute Gasteiger partial charge is 0.0540 e. The molecule has 1 heterocycles. The number of thiophene rings is 1. The van der Waals surface area contributed by atoms with Crippen LogP contribution in [-0.4, -0.2) is 0 Å². The van der Waals surface area contributed by atoms with E-state index in [1.165, 1.54) is 64.3 Å². The predicted octanol–water partition coefficient (Wildman–Crippen LogP) is 18.8. The van der Waals surface area contributed by atoms with Gasteiger partial charge in [-0.25, -0.2) is 0 Å². The second-order valence-corrected chi connectivity index (χ2v) is 18.0. The average molecular weight is 873 g/mol. The van der Waals surface area contributed by atoms with Crippen LogP contribution in [0.25, 0.3) is 75.5 Å². The molecule has 3 heteroatoms. The molecule has 0 unspecified atom stereocenters. The van der Waals surface area contributed by atoms with Crippen LogP contribution in [0, 0.1) is 0 Å². The summed E-state index contributed by atoms with van der Waals surface area (Å²) in [4.78, 5) is 4.73. The van der Waals surface area contributed by atoms with Gasteiger partial charge in [0.25, 0.3) is 0 Å². The third-order valence-electron chi connectivity index (χ3n) is 12.9. The van der Waals surface area contributed by atoms with Crippen LogP contribution in [-0.2, 0) is 0 Å². The quantitative estimate of drug-likeness (QED) is 0.135. The monoisotopic (exact) mass is 872 g/mol. The molecular weight excluding hydrogens is 829 g/mol. The largest absolute Gasteiger partial charge is 0.311 e. The second-order valence-electron chi connectivity index (χ2n) is 16.9. The predicted molar refractivity (Wildman–Crippen MR) is 288 cm³/mol. The molecule has 316 valence electrons. The van der Waals surface area contributed by atoms with Gasteiger partial charge in [-0.1, -0.05) is 182 Å². The Labute approximate surface area is 395 Å². The van der Waals surface area contributed by atoms with E-state index in [4.69, 9.17) is 0 Å². The van der Waals surface area contributed by atoms with Crippen molar-refractivity contribution < 1.29 is 0 Å². The number of benzene rings is 11. The standard InChI is InChI=1S/C64H44N2S/c1-3-12-45(13-4-1)47-22-33-54(34-23-47)65(55-35-24-48(25-36-55)46-14-5-2-6-15-46)56-37-26-49(27-38-56)50-28-39-57(40-29-50)66(62-20-11-17-52-16-7-8-18-59(52)62)58-41-30-51(31-42-58)53-32-43-64-61(44-53)60-19-9-10-21-63(60)67-64/h1-44H. The van der Waals surface area contributed by atoms with E-state index in [9.17, 15) is 0 Å². The molecule has 0 aliphatic heterocycles. The molecule has 0 bridgehead atoms. The number of anilines is 6. The van der Waals surface area contributed by atoms with Crippen molar-refractivity contribution in [2.24, 2.45) is 0 Å². The van der Waals surface area contributed by atoms with Gasteiger partial charge in [-0.15, -0.1) is 11.3 Å². The summed E-state index contributed by atoms with van der Waals surface area (Å²) >= 11 is 1.86. The third-order valence-corrected chi connectivity index (χ3v) is 14.0. The molecule has 0 aliphatic rings. The fourth-order valence-electron chi connectivity index (χ4n) is 9.46. The Morgan fingerprint density at radius 2 is 0.582 bits per heavy atom. The van der Waals surface area contributed by atoms with Gasteiger partial charge in [-0.05, 0) is 135 Å². The van der Waals surface area contributed by atoms with Gasteiger partial charge in [0.05, 0.1) is 5.69 Å². The van der Waals surface area contributed by atoms with Crippen molar-refractivity contribution >= 4 is 76.4 Å². The lowest BCUT2D eigenvalue weighted by molar-refractivity contribution is 1.28. The van der Waals surface area contributed by atoms with E-state index in [-0.39, 0.29) is 0 Å². The molecule has 0 atom stereocenters. The number of rotatable bonds is 10. The summed E-state index contributed by atoms with van der Waals surface area (Å²) in [7, 11) is 0. The Hall–Kier alpha value is -8.50. The maximum absolute atomic E-state index is 2.39. The van der Waals surface area contributed by atoms with Gasteiger partial charge in [0.2, 0.25) is 0 Å². The topological polar surface area (TPSA) is 6.48 Å². The van der Waals surface area contributed by atoms with E-state index in [0.29, 0.717) is 0 Å². The Balaban J connectivity index is 0.870. The first-order valence-electron chi connectivity index (χ1n) is 22.8. The van der Waals surface area contributed by atoms with Gasteiger partial charge in [0, 0.05) is 54.0 Å². The van der Waals surface area contributed by atoms with E-state index in [1.807, 2.05) is 11.3 Å². The average Bonchev–Trinajstić information content (AvgIpc) is 3.79. The van der Waals surface area contributed by atoms with Crippen molar-refractivity contribution in [2.45, 2.75) is 0 Å². The highest BCUT2D eigenvalue weighted by molar-refractivity contribution is 7.25. The van der Waals surface area contributed by atoms with Crippen LogP contribution in [0.2, 0.25) is 0 Å². The van der Waals surface area contributed by atoms with Crippen molar-refractivity contribution in [2.75, 3.05) is 9.80 Å². The highest BCUT2D eigenvalue weighted by Gasteiger charge is 2.18.